The van der Waals surface area contributed by atoms with Gasteiger partial charge in [-0.2, -0.15) is 0 Å². The molecule has 0 spiro atoms. The smallest absolute Gasteiger partial charge is 0.339 e. The Bertz CT molecular complexity index is 1020. The lowest BCUT2D eigenvalue weighted by Gasteiger charge is -2.10. The van der Waals surface area contributed by atoms with Crippen molar-refractivity contribution in [2.24, 2.45) is 0 Å². The van der Waals surface area contributed by atoms with Crippen molar-refractivity contribution in [3.63, 3.8) is 0 Å². The fourth-order valence-electron chi connectivity index (χ4n) is 3.12. The fraction of sp³-hybridized carbons (Fsp3) is 0.286. The van der Waals surface area contributed by atoms with E-state index in [9.17, 15) is 9.59 Å². The third kappa shape index (κ3) is 9.70. The van der Waals surface area contributed by atoms with Crippen molar-refractivity contribution in [2.45, 2.75) is 13.2 Å². The van der Waals surface area contributed by atoms with Gasteiger partial charge in [-0.25, -0.2) is 9.59 Å². The second-order valence-corrected chi connectivity index (χ2v) is 7.51. The van der Waals surface area contributed by atoms with E-state index in [-0.39, 0.29) is 30.9 Å². The molecular weight excluding hydrogens is 448 g/mol. The summed E-state index contributed by atoms with van der Waals surface area (Å²) in [6.07, 6.45) is 0. The molecule has 0 bridgehead atoms. The molecule has 0 unspecified atom stereocenters. The summed E-state index contributed by atoms with van der Waals surface area (Å²) in [5.41, 5.74) is 2.31. The SMILES string of the molecule is O=C(OCCOCCOCCOCc1ccccc1)c1ccccc1C(=O)OCc1ccccc1. The zero-order valence-corrected chi connectivity index (χ0v) is 19.6. The third-order valence-electron chi connectivity index (χ3n) is 4.90. The minimum absolute atomic E-state index is 0.0619. The third-order valence-corrected chi connectivity index (χ3v) is 4.90. The van der Waals surface area contributed by atoms with Crippen LogP contribution in [0.15, 0.2) is 84.9 Å². The number of rotatable bonds is 15. The topological polar surface area (TPSA) is 80.3 Å². The summed E-state index contributed by atoms with van der Waals surface area (Å²) in [5, 5.41) is 0. The predicted molar refractivity (Wildman–Crippen MR) is 130 cm³/mol. The molecule has 0 amide bonds. The second-order valence-electron chi connectivity index (χ2n) is 7.51. The minimum Gasteiger partial charge on any atom is -0.460 e. The predicted octanol–water partition coefficient (Wildman–Crippen LogP) is 4.45. The van der Waals surface area contributed by atoms with Crippen molar-refractivity contribution in [3.05, 3.63) is 107 Å². The van der Waals surface area contributed by atoms with E-state index in [0.29, 0.717) is 33.0 Å². The zero-order valence-electron chi connectivity index (χ0n) is 19.6. The average molecular weight is 479 g/mol. The first-order valence-corrected chi connectivity index (χ1v) is 11.5. The number of hydrogen-bond acceptors (Lipinski definition) is 7. The van der Waals surface area contributed by atoms with Gasteiger partial charge < -0.3 is 23.7 Å². The quantitative estimate of drug-likeness (QED) is 0.236. The highest BCUT2D eigenvalue weighted by atomic mass is 16.6. The summed E-state index contributed by atoms with van der Waals surface area (Å²) in [4.78, 5) is 24.9. The maximum Gasteiger partial charge on any atom is 0.339 e. The van der Waals surface area contributed by atoms with Gasteiger partial charge in [0.2, 0.25) is 0 Å². The van der Waals surface area contributed by atoms with Crippen LogP contribution < -0.4 is 0 Å². The Balaban J connectivity index is 1.26. The largest absolute Gasteiger partial charge is 0.460 e. The van der Waals surface area contributed by atoms with Crippen LogP contribution in [0.1, 0.15) is 31.8 Å². The molecule has 7 heteroatoms. The minimum atomic E-state index is -0.604. The molecular formula is C28H30O7. The highest BCUT2D eigenvalue weighted by Crippen LogP contribution is 2.13. The van der Waals surface area contributed by atoms with E-state index in [4.69, 9.17) is 23.7 Å². The van der Waals surface area contributed by atoms with Gasteiger partial charge in [-0.3, -0.25) is 0 Å². The first-order valence-electron chi connectivity index (χ1n) is 11.5. The molecule has 0 radical (unpaired) electrons. The average Bonchev–Trinajstić information content (AvgIpc) is 2.91. The van der Waals surface area contributed by atoms with Crippen LogP contribution in [0.3, 0.4) is 0 Å². The van der Waals surface area contributed by atoms with Crippen LogP contribution in [0.25, 0.3) is 0 Å². The number of benzene rings is 3. The van der Waals surface area contributed by atoms with Crippen LogP contribution in [0.2, 0.25) is 0 Å². The molecule has 35 heavy (non-hydrogen) atoms. The molecule has 0 atom stereocenters. The lowest BCUT2D eigenvalue weighted by Crippen LogP contribution is -2.17. The van der Waals surface area contributed by atoms with Crippen LogP contribution in [0.5, 0.6) is 0 Å². The fourth-order valence-corrected chi connectivity index (χ4v) is 3.12. The lowest BCUT2D eigenvalue weighted by atomic mass is 10.1. The maximum atomic E-state index is 12.5. The molecule has 0 saturated carbocycles. The van der Waals surface area contributed by atoms with E-state index in [1.165, 1.54) is 6.07 Å². The number of carbonyl (C=O) groups is 2. The van der Waals surface area contributed by atoms with Gasteiger partial charge in [-0.15, -0.1) is 0 Å². The van der Waals surface area contributed by atoms with Gasteiger partial charge in [0.15, 0.2) is 0 Å². The molecule has 3 aromatic carbocycles. The molecule has 184 valence electrons. The van der Waals surface area contributed by atoms with E-state index in [1.54, 1.807) is 18.2 Å². The summed E-state index contributed by atoms with van der Waals surface area (Å²) in [7, 11) is 0. The van der Waals surface area contributed by atoms with Gasteiger partial charge in [0.05, 0.1) is 50.8 Å². The highest BCUT2D eigenvalue weighted by molar-refractivity contribution is 6.03. The highest BCUT2D eigenvalue weighted by Gasteiger charge is 2.19. The zero-order chi connectivity index (χ0) is 24.6. The lowest BCUT2D eigenvalue weighted by molar-refractivity contribution is -0.00179. The van der Waals surface area contributed by atoms with Crippen molar-refractivity contribution in [2.75, 3.05) is 39.6 Å². The van der Waals surface area contributed by atoms with Crippen molar-refractivity contribution in [1.82, 2.24) is 0 Å². The molecule has 3 aromatic rings. The molecule has 3 rings (SSSR count). The van der Waals surface area contributed by atoms with E-state index in [1.807, 2.05) is 60.7 Å². The maximum absolute atomic E-state index is 12.5. The molecule has 0 aliphatic rings. The van der Waals surface area contributed by atoms with Gasteiger partial charge in [0.25, 0.3) is 0 Å². The second kappa shape index (κ2) is 15.4. The molecule has 0 fully saturated rings. The summed E-state index contributed by atoms with van der Waals surface area (Å²) < 4.78 is 27.0. The Hall–Kier alpha value is -3.52. The van der Waals surface area contributed by atoms with Gasteiger partial charge >= 0.3 is 11.9 Å². The molecule has 0 N–H and O–H groups in total. The first-order chi connectivity index (χ1) is 17.2. The van der Waals surface area contributed by atoms with Crippen LogP contribution in [0, 0.1) is 0 Å². The number of ether oxygens (including phenoxy) is 5. The molecule has 0 saturated heterocycles. The Morgan fingerprint density at radius 3 is 1.46 bits per heavy atom. The van der Waals surface area contributed by atoms with Crippen molar-refractivity contribution < 1.29 is 33.3 Å². The Labute approximate surface area is 205 Å². The Kier molecular flexibility index (Phi) is 11.5. The molecule has 0 aliphatic carbocycles. The van der Waals surface area contributed by atoms with E-state index in [2.05, 4.69) is 0 Å². The summed E-state index contributed by atoms with van der Waals surface area (Å²) in [6, 6.07) is 25.7. The monoisotopic (exact) mass is 478 g/mol. The van der Waals surface area contributed by atoms with Crippen LogP contribution in [-0.2, 0) is 36.9 Å². The van der Waals surface area contributed by atoms with Gasteiger partial charge in [-0.05, 0) is 23.3 Å². The van der Waals surface area contributed by atoms with E-state index >= 15 is 0 Å². The number of esters is 2. The Morgan fingerprint density at radius 2 is 0.886 bits per heavy atom. The normalized spacial score (nSPS) is 10.6. The number of carbonyl (C=O) groups excluding carboxylic acids is 2. The van der Waals surface area contributed by atoms with Crippen LogP contribution >= 0.6 is 0 Å². The summed E-state index contributed by atoms with van der Waals surface area (Å²) in [5.74, 6) is -1.18. The van der Waals surface area contributed by atoms with E-state index in [0.717, 1.165) is 11.1 Å². The summed E-state index contributed by atoms with van der Waals surface area (Å²) >= 11 is 0. The molecule has 0 aromatic heterocycles. The first kappa shape index (κ1) is 26.1. The molecule has 0 aliphatic heterocycles. The standard InChI is InChI=1S/C28H30O7/c29-27(25-13-7-8-14-26(25)28(30)35-22-24-11-5-2-6-12-24)34-20-19-32-16-15-31-17-18-33-21-23-9-3-1-4-10-23/h1-14H,15-22H2. The molecule has 7 nitrogen and oxygen atoms in total. The van der Waals surface area contributed by atoms with Gasteiger partial charge in [-0.1, -0.05) is 72.8 Å². The van der Waals surface area contributed by atoms with Crippen molar-refractivity contribution in [1.29, 1.82) is 0 Å². The van der Waals surface area contributed by atoms with Gasteiger partial charge in [0.1, 0.15) is 13.2 Å². The van der Waals surface area contributed by atoms with Gasteiger partial charge in [0, 0.05) is 0 Å². The molecule has 0 heterocycles. The number of hydrogen-bond donors (Lipinski definition) is 0. The summed E-state index contributed by atoms with van der Waals surface area (Å²) in [6.45, 7) is 2.73. The van der Waals surface area contributed by atoms with Crippen LogP contribution in [0.4, 0.5) is 0 Å². The Morgan fingerprint density at radius 1 is 0.457 bits per heavy atom. The van der Waals surface area contributed by atoms with Crippen molar-refractivity contribution in [3.8, 4) is 0 Å². The van der Waals surface area contributed by atoms with Crippen molar-refractivity contribution >= 4 is 11.9 Å². The van der Waals surface area contributed by atoms with Crippen LogP contribution in [-0.4, -0.2) is 51.6 Å². The van der Waals surface area contributed by atoms with E-state index < -0.39 is 11.9 Å².